The van der Waals surface area contributed by atoms with E-state index in [4.69, 9.17) is 19.2 Å². The summed E-state index contributed by atoms with van der Waals surface area (Å²) in [6.45, 7) is 10.6. The van der Waals surface area contributed by atoms with Crippen LogP contribution in [0.15, 0.2) is 60.2 Å². The summed E-state index contributed by atoms with van der Waals surface area (Å²) in [6.07, 6.45) is 5.55. The second kappa shape index (κ2) is 11.9. The molecule has 1 saturated heterocycles. The van der Waals surface area contributed by atoms with Gasteiger partial charge in [0.05, 0.1) is 13.7 Å². The predicted molar refractivity (Wildman–Crippen MR) is 157 cm³/mol. The third-order valence-corrected chi connectivity index (χ3v) is 6.48. The van der Waals surface area contributed by atoms with Gasteiger partial charge in [0.25, 0.3) is 5.56 Å². The molecule has 0 radical (unpaired) electrons. The molecule has 0 atom stereocenters. The molecule has 5 heterocycles. The molecule has 0 spiro atoms. The monoisotopic (exact) mass is 574 g/mol. The molecule has 13 nitrogen and oxygen atoms in total. The average molecular weight is 575 g/mol. The molecule has 0 aromatic carbocycles. The van der Waals surface area contributed by atoms with E-state index < -0.39 is 5.60 Å². The van der Waals surface area contributed by atoms with Crippen molar-refractivity contribution in [2.75, 3.05) is 25.5 Å². The fraction of sp³-hybridized carbons (Fsp3) is 0.379. The van der Waals surface area contributed by atoms with Gasteiger partial charge in [-0.25, -0.2) is 24.1 Å². The van der Waals surface area contributed by atoms with Gasteiger partial charge < -0.3 is 24.4 Å². The Balaban J connectivity index is 1.40. The molecule has 1 N–H and O–H groups in total. The zero-order valence-electron chi connectivity index (χ0n) is 24.1. The first kappa shape index (κ1) is 28.6. The zero-order valence-corrected chi connectivity index (χ0v) is 24.1. The lowest BCUT2D eigenvalue weighted by atomic mass is 10.1. The fourth-order valence-electron chi connectivity index (χ4n) is 4.58. The third-order valence-electron chi connectivity index (χ3n) is 6.48. The number of likely N-dealkylation sites (tertiary alicyclic amines) is 1. The highest BCUT2D eigenvalue weighted by molar-refractivity contribution is 5.77. The van der Waals surface area contributed by atoms with Gasteiger partial charge in [-0.2, -0.15) is 9.97 Å². The number of ether oxygens (including phenoxy) is 3. The quantitative estimate of drug-likeness (QED) is 0.306. The topological polar surface area (TPSA) is 139 Å². The Hall–Kier alpha value is -4.94. The van der Waals surface area contributed by atoms with E-state index >= 15 is 0 Å². The molecule has 42 heavy (non-hydrogen) atoms. The number of anilines is 2. The summed E-state index contributed by atoms with van der Waals surface area (Å²) in [5, 5.41) is 3.46. The standard InChI is InChI=1S/C29H34N8O5/c1-6-14-36-26(38)21-18-31-27(32-19-10-13-30-24(17-19)40-5)34-25(21)37(36)22-8-7-9-23(33-22)41-20-11-15-35(16-12-20)28(39)42-29(2,3)4/h6-10,13,17-18,20H,1,11-12,14-16H2,2-5H3,(H,30,31,32,34). The highest BCUT2D eigenvalue weighted by atomic mass is 16.6. The number of rotatable bonds is 8. The van der Waals surface area contributed by atoms with Crippen LogP contribution < -0.4 is 20.3 Å². The van der Waals surface area contributed by atoms with E-state index in [0.29, 0.717) is 60.2 Å². The SMILES string of the molecule is C=CCn1c(=O)c2cnc(Nc3ccnc(OC)c3)nc2n1-c1cccc(OC2CCN(C(=O)OC(C)(C)C)CC2)n1. The number of nitrogens with zero attached hydrogens (tertiary/aromatic N) is 7. The molecule has 0 aliphatic carbocycles. The van der Waals surface area contributed by atoms with Crippen molar-refractivity contribution in [3.63, 3.8) is 0 Å². The van der Waals surface area contributed by atoms with Crippen LogP contribution in [0.5, 0.6) is 11.8 Å². The van der Waals surface area contributed by atoms with Crippen molar-refractivity contribution in [3.05, 3.63) is 65.7 Å². The molecule has 5 rings (SSSR count). The molecule has 13 heteroatoms. The minimum absolute atomic E-state index is 0.126. The maximum atomic E-state index is 13.3. The van der Waals surface area contributed by atoms with Crippen LogP contribution >= 0.6 is 0 Å². The van der Waals surface area contributed by atoms with Crippen LogP contribution in [0.2, 0.25) is 0 Å². The van der Waals surface area contributed by atoms with E-state index in [0.717, 1.165) is 0 Å². The lowest BCUT2D eigenvalue weighted by Gasteiger charge is -2.33. The second-order valence-electron chi connectivity index (χ2n) is 10.7. The van der Waals surface area contributed by atoms with Crippen LogP contribution in [0.1, 0.15) is 33.6 Å². The third kappa shape index (κ3) is 6.35. The Morgan fingerprint density at radius 2 is 1.93 bits per heavy atom. The summed E-state index contributed by atoms with van der Waals surface area (Å²) in [7, 11) is 1.54. The molecule has 220 valence electrons. The van der Waals surface area contributed by atoms with Gasteiger partial charge in [0.2, 0.25) is 17.7 Å². The summed E-state index contributed by atoms with van der Waals surface area (Å²) >= 11 is 0. The smallest absolute Gasteiger partial charge is 0.410 e. The van der Waals surface area contributed by atoms with Crippen LogP contribution in [0.3, 0.4) is 0 Å². The van der Waals surface area contributed by atoms with Crippen molar-refractivity contribution in [2.45, 2.75) is 51.9 Å². The summed E-state index contributed by atoms with van der Waals surface area (Å²) < 4.78 is 20.0. The Morgan fingerprint density at radius 3 is 2.64 bits per heavy atom. The Morgan fingerprint density at radius 1 is 1.14 bits per heavy atom. The highest BCUT2D eigenvalue weighted by Gasteiger charge is 2.28. The van der Waals surface area contributed by atoms with E-state index in [2.05, 4.69) is 26.8 Å². The molecule has 1 aliphatic rings. The first-order valence-electron chi connectivity index (χ1n) is 13.6. The van der Waals surface area contributed by atoms with Gasteiger partial charge in [-0.3, -0.25) is 4.79 Å². The number of pyridine rings is 2. The number of amides is 1. The first-order valence-corrected chi connectivity index (χ1v) is 13.6. The number of hydrogen-bond donors (Lipinski definition) is 1. The minimum atomic E-state index is -0.543. The fourth-order valence-corrected chi connectivity index (χ4v) is 4.58. The van der Waals surface area contributed by atoms with Crippen molar-refractivity contribution in [1.29, 1.82) is 0 Å². The van der Waals surface area contributed by atoms with Crippen molar-refractivity contribution >= 4 is 28.8 Å². The minimum Gasteiger partial charge on any atom is -0.481 e. The molecule has 0 unspecified atom stereocenters. The largest absolute Gasteiger partial charge is 0.481 e. The summed E-state index contributed by atoms with van der Waals surface area (Å²) in [5.74, 6) is 1.57. The number of aromatic nitrogens is 6. The van der Waals surface area contributed by atoms with Gasteiger partial charge in [-0.05, 0) is 32.9 Å². The maximum absolute atomic E-state index is 13.3. The lowest BCUT2D eigenvalue weighted by Crippen LogP contribution is -2.44. The molecule has 4 aromatic rings. The van der Waals surface area contributed by atoms with Gasteiger partial charge in [0.15, 0.2) is 11.5 Å². The van der Waals surface area contributed by atoms with Gasteiger partial charge in [0, 0.05) is 56.1 Å². The molecule has 1 aliphatic heterocycles. The molecular weight excluding hydrogens is 540 g/mol. The van der Waals surface area contributed by atoms with E-state index in [-0.39, 0.29) is 30.2 Å². The van der Waals surface area contributed by atoms with Gasteiger partial charge in [-0.15, -0.1) is 6.58 Å². The number of methoxy groups -OCH3 is 1. The van der Waals surface area contributed by atoms with Crippen LogP contribution in [-0.4, -0.2) is 72.2 Å². The summed E-state index contributed by atoms with van der Waals surface area (Å²) in [4.78, 5) is 45.2. The van der Waals surface area contributed by atoms with Crippen molar-refractivity contribution in [1.82, 2.24) is 34.2 Å². The molecular formula is C29H34N8O5. The normalized spacial score (nSPS) is 14.0. The first-order chi connectivity index (χ1) is 20.1. The number of piperidine rings is 1. The Bertz CT molecular complexity index is 1650. The Labute approximate surface area is 242 Å². The Kier molecular flexibility index (Phi) is 8.09. The van der Waals surface area contributed by atoms with Crippen LogP contribution in [0.25, 0.3) is 16.9 Å². The number of fused-ring (bicyclic) bond motifs is 1. The summed E-state index contributed by atoms with van der Waals surface area (Å²) in [5.41, 5.74) is 0.227. The molecule has 0 bridgehead atoms. The van der Waals surface area contributed by atoms with E-state index in [9.17, 15) is 9.59 Å². The molecule has 4 aromatic heterocycles. The van der Waals surface area contributed by atoms with Crippen LogP contribution in [0.4, 0.5) is 16.4 Å². The average Bonchev–Trinajstić information content (AvgIpc) is 3.23. The van der Waals surface area contributed by atoms with E-state index in [1.807, 2.05) is 26.8 Å². The van der Waals surface area contributed by atoms with Gasteiger partial charge in [0.1, 0.15) is 17.1 Å². The van der Waals surface area contributed by atoms with Crippen molar-refractivity contribution < 1.29 is 19.0 Å². The van der Waals surface area contributed by atoms with E-state index in [1.165, 1.54) is 18.0 Å². The molecule has 0 saturated carbocycles. The summed E-state index contributed by atoms with van der Waals surface area (Å²) in [6, 6.07) is 8.82. The van der Waals surface area contributed by atoms with Crippen LogP contribution in [0, 0.1) is 0 Å². The molecule has 1 fully saturated rings. The zero-order chi connectivity index (χ0) is 29.9. The molecule has 1 amide bonds. The van der Waals surface area contributed by atoms with Gasteiger partial charge >= 0.3 is 6.09 Å². The van der Waals surface area contributed by atoms with Crippen molar-refractivity contribution in [3.8, 4) is 17.6 Å². The number of allylic oxidation sites excluding steroid dienone is 1. The number of carbonyl (C=O) groups is 1. The highest BCUT2D eigenvalue weighted by Crippen LogP contribution is 2.23. The number of hydrogen-bond acceptors (Lipinski definition) is 10. The number of carbonyl (C=O) groups excluding carboxylic acids is 1. The van der Waals surface area contributed by atoms with Gasteiger partial charge in [-0.1, -0.05) is 12.1 Å². The predicted octanol–water partition coefficient (Wildman–Crippen LogP) is 4.09. The van der Waals surface area contributed by atoms with Crippen LogP contribution in [-0.2, 0) is 11.3 Å². The second-order valence-corrected chi connectivity index (χ2v) is 10.7. The van der Waals surface area contributed by atoms with E-state index in [1.54, 1.807) is 46.1 Å². The number of nitrogens with one attached hydrogen (secondary N) is 1. The lowest BCUT2D eigenvalue weighted by molar-refractivity contribution is 0.0123. The van der Waals surface area contributed by atoms with Crippen molar-refractivity contribution in [2.24, 2.45) is 0 Å². The maximum Gasteiger partial charge on any atom is 0.410 e.